The van der Waals surface area contributed by atoms with Gasteiger partial charge >= 0.3 is 5.69 Å². The van der Waals surface area contributed by atoms with Crippen LogP contribution in [0.4, 0.5) is 5.69 Å². The molecule has 1 aliphatic carbocycles. The SMILES string of the molecule is O=Cc1ccc([N+](=O)[O-])c(OC2C=CCCC2)c1. The zero-order valence-corrected chi connectivity index (χ0v) is 9.74. The zero-order chi connectivity index (χ0) is 13.0. The summed E-state index contributed by atoms with van der Waals surface area (Å²) >= 11 is 0. The van der Waals surface area contributed by atoms with E-state index in [1.54, 1.807) is 0 Å². The number of aldehydes is 1. The first-order valence-corrected chi connectivity index (χ1v) is 5.77. The predicted octanol–water partition coefficient (Wildman–Crippen LogP) is 2.89. The third-order valence-corrected chi connectivity index (χ3v) is 2.81. The molecule has 1 unspecified atom stereocenters. The Bertz CT molecular complexity index is 496. The van der Waals surface area contributed by atoms with Crippen LogP contribution in [-0.4, -0.2) is 17.3 Å². The van der Waals surface area contributed by atoms with Gasteiger partial charge in [0.2, 0.25) is 0 Å². The van der Waals surface area contributed by atoms with Crippen LogP contribution >= 0.6 is 0 Å². The number of ether oxygens (including phenoxy) is 1. The number of hydrogen-bond donors (Lipinski definition) is 0. The van der Waals surface area contributed by atoms with E-state index in [0.717, 1.165) is 19.3 Å². The number of nitro benzene ring substituents is 1. The second-order valence-electron chi connectivity index (χ2n) is 4.12. The van der Waals surface area contributed by atoms with Gasteiger partial charge < -0.3 is 4.74 Å². The highest BCUT2D eigenvalue weighted by atomic mass is 16.6. The van der Waals surface area contributed by atoms with Crippen LogP contribution < -0.4 is 4.74 Å². The van der Waals surface area contributed by atoms with Gasteiger partial charge in [-0.3, -0.25) is 14.9 Å². The van der Waals surface area contributed by atoms with Crippen molar-refractivity contribution in [1.29, 1.82) is 0 Å². The van der Waals surface area contributed by atoms with E-state index in [1.165, 1.54) is 18.2 Å². The van der Waals surface area contributed by atoms with Crippen molar-refractivity contribution in [2.24, 2.45) is 0 Å². The molecular weight excluding hydrogens is 234 g/mol. The molecule has 0 bridgehead atoms. The van der Waals surface area contributed by atoms with Crippen molar-refractivity contribution in [2.45, 2.75) is 25.4 Å². The van der Waals surface area contributed by atoms with Gasteiger partial charge in [0.05, 0.1) is 4.92 Å². The number of hydrogen-bond acceptors (Lipinski definition) is 4. The van der Waals surface area contributed by atoms with Gasteiger partial charge in [-0.2, -0.15) is 0 Å². The van der Waals surface area contributed by atoms with E-state index < -0.39 is 4.92 Å². The number of rotatable bonds is 4. The third-order valence-electron chi connectivity index (χ3n) is 2.81. The van der Waals surface area contributed by atoms with E-state index in [0.29, 0.717) is 11.8 Å². The molecule has 1 aliphatic rings. The lowest BCUT2D eigenvalue weighted by Gasteiger charge is -2.18. The molecule has 0 amide bonds. The van der Waals surface area contributed by atoms with E-state index in [4.69, 9.17) is 4.74 Å². The summed E-state index contributed by atoms with van der Waals surface area (Å²) in [7, 11) is 0. The molecular formula is C13H13NO4. The highest BCUT2D eigenvalue weighted by Crippen LogP contribution is 2.30. The maximum absolute atomic E-state index is 10.9. The van der Waals surface area contributed by atoms with Crippen molar-refractivity contribution in [1.82, 2.24) is 0 Å². The molecule has 0 saturated heterocycles. The van der Waals surface area contributed by atoms with Gasteiger partial charge in [-0.15, -0.1) is 0 Å². The number of allylic oxidation sites excluding steroid dienone is 1. The summed E-state index contributed by atoms with van der Waals surface area (Å²) in [5, 5.41) is 10.9. The van der Waals surface area contributed by atoms with Crippen molar-refractivity contribution in [2.75, 3.05) is 0 Å². The summed E-state index contributed by atoms with van der Waals surface area (Å²) in [5.41, 5.74) is 0.259. The molecule has 0 spiro atoms. The number of nitrogens with zero attached hydrogens (tertiary/aromatic N) is 1. The van der Waals surface area contributed by atoms with Crippen molar-refractivity contribution < 1.29 is 14.5 Å². The van der Waals surface area contributed by atoms with Gasteiger partial charge in [-0.1, -0.05) is 6.08 Å². The van der Waals surface area contributed by atoms with Crippen LogP contribution in [0.2, 0.25) is 0 Å². The summed E-state index contributed by atoms with van der Waals surface area (Å²) in [5.74, 6) is 0.154. The molecule has 1 aromatic carbocycles. The van der Waals surface area contributed by atoms with Crippen LogP contribution in [0, 0.1) is 10.1 Å². The molecule has 1 atom stereocenters. The van der Waals surface area contributed by atoms with Crippen LogP contribution in [0.1, 0.15) is 29.6 Å². The summed E-state index contributed by atoms with van der Waals surface area (Å²) in [6.07, 6.45) is 7.24. The molecule has 1 aromatic rings. The molecule has 5 heteroatoms. The minimum absolute atomic E-state index is 0.112. The molecule has 0 saturated carbocycles. The lowest BCUT2D eigenvalue weighted by atomic mass is 10.1. The Morgan fingerprint density at radius 1 is 1.44 bits per heavy atom. The van der Waals surface area contributed by atoms with Gasteiger partial charge in [0, 0.05) is 11.6 Å². The Kier molecular flexibility index (Phi) is 3.72. The lowest BCUT2D eigenvalue weighted by Crippen LogP contribution is -2.16. The molecule has 18 heavy (non-hydrogen) atoms. The second-order valence-corrected chi connectivity index (χ2v) is 4.12. The van der Waals surface area contributed by atoms with Gasteiger partial charge in [0.25, 0.3) is 0 Å². The van der Waals surface area contributed by atoms with E-state index in [-0.39, 0.29) is 17.5 Å². The summed E-state index contributed by atoms with van der Waals surface area (Å²) < 4.78 is 5.60. The first-order valence-electron chi connectivity index (χ1n) is 5.77. The number of carbonyl (C=O) groups excluding carboxylic acids is 1. The fourth-order valence-corrected chi connectivity index (χ4v) is 1.89. The monoisotopic (exact) mass is 247 g/mol. The van der Waals surface area contributed by atoms with Gasteiger partial charge in [0.15, 0.2) is 5.75 Å². The predicted molar refractivity (Wildman–Crippen MR) is 65.9 cm³/mol. The molecule has 0 aliphatic heterocycles. The molecule has 0 fully saturated rings. The zero-order valence-electron chi connectivity index (χ0n) is 9.74. The minimum atomic E-state index is -0.504. The van der Waals surface area contributed by atoms with E-state index in [9.17, 15) is 14.9 Å². The fraction of sp³-hybridized carbons (Fsp3) is 0.308. The smallest absolute Gasteiger partial charge is 0.310 e. The Balaban J connectivity index is 2.28. The average Bonchev–Trinajstić information content (AvgIpc) is 2.39. The minimum Gasteiger partial charge on any atom is -0.479 e. The van der Waals surface area contributed by atoms with Crippen LogP contribution in [0.5, 0.6) is 5.75 Å². The summed E-state index contributed by atoms with van der Waals surface area (Å²) in [6.45, 7) is 0. The normalized spacial score (nSPS) is 18.3. The Morgan fingerprint density at radius 2 is 2.28 bits per heavy atom. The number of benzene rings is 1. The Morgan fingerprint density at radius 3 is 2.89 bits per heavy atom. The summed E-state index contributed by atoms with van der Waals surface area (Å²) in [6, 6.07) is 4.12. The molecule has 0 N–H and O–H groups in total. The maximum Gasteiger partial charge on any atom is 0.310 e. The Hall–Kier alpha value is -2.17. The van der Waals surface area contributed by atoms with Crippen molar-refractivity contribution in [3.05, 3.63) is 46.0 Å². The topological polar surface area (TPSA) is 69.4 Å². The average molecular weight is 247 g/mol. The highest BCUT2D eigenvalue weighted by molar-refractivity contribution is 5.77. The van der Waals surface area contributed by atoms with E-state index in [2.05, 4.69) is 0 Å². The quantitative estimate of drug-likeness (QED) is 0.355. The van der Waals surface area contributed by atoms with Gasteiger partial charge in [-0.25, -0.2) is 0 Å². The highest BCUT2D eigenvalue weighted by Gasteiger charge is 2.19. The summed E-state index contributed by atoms with van der Waals surface area (Å²) in [4.78, 5) is 21.1. The van der Waals surface area contributed by atoms with Crippen molar-refractivity contribution in [3.63, 3.8) is 0 Å². The number of carbonyl (C=O) groups is 1. The fourth-order valence-electron chi connectivity index (χ4n) is 1.89. The van der Waals surface area contributed by atoms with Crippen LogP contribution in [-0.2, 0) is 0 Å². The largest absolute Gasteiger partial charge is 0.479 e. The first kappa shape index (κ1) is 12.3. The number of nitro groups is 1. The van der Waals surface area contributed by atoms with Gasteiger partial charge in [-0.05, 0) is 37.5 Å². The Labute approximate surface area is 104 Å². The molecule has 0 radical (unpaired) electrons. The van der Waals surface area contributed by atoms with Gasteiger partial charge in [0.1, 0.15) is 12.4 Å². The standard InChI is InChI=1S/C13H13NO4/c15-9-10-6-7-12(14(16)17)13(8-10)18-11-4-2-1-3-5-11/h2,4,6-9,11H,1,3,5H2. The molecule has 0 heterocycles. The van der Waals surface area contributed by atoms with Crippen LogP contribution in [0.3, 0.4) is 0 Å². The third kappa shape index (κ3) is 2.74. The molecule has 2 rings (SSSR count). The first-order chi connectivity index (χ1) is 8.70. The van der Waals surface area contributed by atoms with Crippen LogP contribution in [0.25, 0.3) is 0 Å². The second kappa shape index (κ2) is 5.44. The molecule has 5 nitrogen and oxygen atoms in total. The van der Waals surface area contributed by atoms with E-state index in [1.807, 2.05) is 12.2 Å². The van der Waals surface area contributed by atoms with E-state index >= 15 is 0 Å². The lowest BCUT2D eigenvalue weighted by molar-refractivity contribution is -0.386. The maximum atomic E-state index is 10.9. The molecule has 94 valence electrons. The molecule has 0 aromatic heterocycles. The van der Waals surface area contributed by atoms with Crippen molar-refractivity contribution in [3.8, 4) is 5.75 Å². The van der Waals surface area contributed by atoms with Crippen molar-refractivity contribution >= 4 is 12.0 Å². The van der Waals surface area contributed by atoms with Crippen LogP contribution in [0.15, 0.2) is 30.4 Å².